The van der Waals surface area contributed by atoms with Crippen molar-refractivity contribution in [2.45, 2.75) is 18.2 Å². The first-order valence-electron chi connectivity index (χ1n) is 6.70. The molecule has 2 aliphatic rings. The van der Waals surface area contributed by atoms with Crippen molar-refractivity contribution in [3.8, 4) is 11.1 Å². The Morgan fingerprint density at radius 3 is 1.86 bits per heavy atom. The molecule has 0 amide bonds. The van der Waals surface area contributed by atoms with Crippen LogP contribution in [0.5, 0.6) is 0 Å². The number of aliphatic hydroxyl groups is 1. The van der Waals surface area contributed by atoms with Crippen LogP contribution in [-0.4, -0.2) is 26.7 Å². The average molecular weight is 306 g/mol. The average Bonchev–Trinajstić information content (AvgIpc) is 2.44. The molecule has 0 heterocycles. The summed E-state index contributed by atoms with van der Waals surface area (Å²) >= 11 is 0. The molecule has 0 unspecified atom stereocenters. The first kappa shape index (κ1) is 15.7. The summed E-state index contributed by atoms with van der Waals surface area (Å²) in [7, 11) is -3.66. The highest BCUT2D eigenvalue weighted by Crippen LogP contribution is 2.29. The number of fused-ring (bicyclic) bond motifs is 1. The third kappa shape index (κ3) is 4.14. The van der Waals surface area contributed by atoms with Crippen LogP contribution in [0.4, 0.5) is 0 Å². The summed E-state index contributed by atoms with van der Waals surface area (Å²) < 4.78 is 27.7. The van der Waals surface area contributed by atoms with E-state index in [1.807, 2.05) is 6.92 Å². The fourth-order valence-electron chi connectivity index (χ4n) is 1.67. The predicted octanol–water partition coefficient (Wildman–Crippen LogP) is 2.75. The molecule has 3 rings (SSSR count). The molecule has 0 saturated carbocycles. The molecule has 21 heavy (non-hydrogen) atoms. The Morgan fingerprint density at radius 2 is 1.48 bits per heavy atom. The smallest absolute Gasteiger partial charge is 0.296 e. The first-order chi connectivity index (χ1) is 10.0. The van der Waals surface area contributed by atoms with Crippen LogP contribution in [0.15, 0.2) is 53.4 Å². The van der Waals surface area contributed by atoms with Crippen molar-refractivity contribution in [3.05, 3.63) is 54.1 Å². The van der Waals surface area contributed by atoms with Crippen LogP contribution in [0.25, 0.3) is 11.1 Å². The van der Waals surface area contributed by atoms with Crippen molar-refractivity contribution >= 4 is 10.1 Å². The fourth-order valence-corrected chi connectivity index (χ4v) is 2.61. The van der Waals surface area contributed by atoms with Gasteiger partial charge in [0.2, 0.25) is 0 Å². The lowest BCUT2D eigenvalue weighted by Gasteiger charge is -2.10. The van der Waals surface area contributed by atoms with Crippen molar-refractivity contribution in [1.82, 2.24) is 0 Å². The molecule has 0 aliphatic heterocycles. The van der Waals surface area contributed by atoms with E-state index >= 15 is 0 Å². The zero-order valence-electron chi connectivity index (χ0n) is 11.8. The third-order valence-electron chi connectivity index (χ3n) is 3.07. The second-order valence-electron chi connectivity index (χ2n) is 4.74. The Hall–Kier alpha value is -1.69. The van der Waals surface area contributed by atoms with Crippen molar-refractivity contribution in [1.29, 1.82) is 0 Å². The molecule has 0 saturated heterocycles. The van der Waals surface area contributed by atoms with Gasteiger partial charge >= 0.3 is 0 Å². The standard InChI is InChI=1S/C10H14O4S.C6H4/c1-9-3-5-10(6-4-9)15(12,13)14-8-2-7-11;1-2-6-4-3-5(1)6/h3-6,11H,2,7-8H2,1H3;1-4H. The van der Waals surface area contributed by atoms with Crippen LogP contribution in [-0.2, 0) is 14.3 Å². The zero-order chi connectivity index (χ0) is 15.3. The van der Waals surface area contributed by atoms with E-state index in [0.717, 1.165) is 5.56 Å². The second-order valence-corrected chi connectivity index (χ2v) is 6.36. The molecule has 0 bridgehead atoms. The number of hydrogen-bond acceptors (Lipinski definition) is 4. The Kier molecular flexibility index (Phi) is 5.12. The zero-order valence-corrected chi connectivity index (χ0v) is 12.6. The molecule has 1 aromatic rings. The highest BCUT2D eigenvalue weighted by Gasteiger charge is 2.13. The summed E-state index contributed by atoms with van der Waals surface area (Å²) in [5.41, 5.74) is 3.84. The van der Waals surface area contributed by atoms with Gasteiger partial charge in [-0.2, -0.15) is 8.42 Å². The summed E-state index contributed by atoms with van der Waals surface area (Å²) in [5, 5.41) is 8.50. The van der Waals surface area contributed by atoms with E-state index < -0.39 is 10.1 Å². The minimum atomic E-state index is -3.66. The van der Waals surface area contributed by atoms with E-state index in [-0.39, 0.29) is 18.1 Å². The van der Waals surface area contributed by atoms with Gasteiger partial charge in [0.15, 0.2) is 0 Å². The number of aliphatic hydroxyl groups excluding tert-OH is 1. The van der Waals surface area contributed by atoms with Gasteiger partial charge in [-0.1, -0.05) is 42.0 Å². The molecule has 0 spiro atoms. The highest BCUT2D eigenvalue weighted by molar-refractivity contribution is 7.86. The van der Waals surface area contributed by atoms with Gasteiger partial charge in [0.1, 0.15) is 0 Å². The predicted molar refractivity (Wildman–Crippen MR) is 81.5 cm³/mol. The Morgan fingerprint density at radius 1 is 0.952 bits per heavy atom. The molecule has 1 N–H and O–H groups in total. The maximum Gasteiger partial charge on any atom is 0.296 e. The summed E-state index contributed by atoms with van der Waals surface area (Å²) in [6.45, 7) is 1.80. The molecule has 1 aromatic carbocycles. The Bertz CT molecular complexity index is 652. The van der Waals surface area contributed by atoms with Gasteiger partial charge in [0, 0.05) is 6.61 Å². The molecule has 5 heteroatoms. The highest BCUT2D eigenvalue weighted by atomic mass is 32.2. The van der Waals surface area contributed by atoms with Gasteiger partial charge in [-0.15, -0.1) is 0 Å². The lowest BCUT2D eigenvalue weighted by molar-refractivity contribution is 0.237. The van der Waals surface area contributed by atoms with E-state index in [9.17, 15) is 8.42 Å². The van der Waals surface area contributed by atoms with Crippen LogP contribution in [0.3, 0.4) is 0 Å². The first-order valence-corrected chi connectivity index (χ1v) is 8.11. The van der Waals surface area contributed by atoms with E-state index in [4.69, 9.17) is 9.29 Å². The molecule has 0 radical (unpaired) electrons. The molecular weight excluding hydrogens is 288 g/mol. The molecule has 0 aromatic heterocycles. The number of rotatable bonds is 5. The van der Waals surface area contributed by atoms with Gasteiger partial charge < -0.3 is 5.11 Å². The van der Waals surface area contributed by atoms with Crippen LogP contribution < -0.4 is 0 Å². The maximum atomic E-state index is 11.5. The number of hydrogen-bond donors (Lipinski definition) is 1. The molecule has 4 nitrogen and oxygen atoms in total. The van der Waals surface area contributed by atoms with Crippen LogP contribution in [0.2, 0.25) is 0 Å². The van der Waals surface area contributed by atoms with Crippen LogP contribution >= 0.6 is 0 Å². The van der Waals surface area contributed by atoms with Crippen LogP contribution in [0, 0.1) is 6.92 Å². The van der Waals surface area contributed by atoms with Crippen molar-refractivity contribution < 1.29 is 17.7 Å². The molecule has 0 fully saturated rings. The third-order valence-corrected chi connectivity index (χ3v) is 4.40. The SMILES string of the molecule is Cc1ccc(S(=O)(=O)OCCCO)cc1.c1cc2ccc1-2. The fraction of sp³-hybridized carbons (Fsp3) is 0.250. The van der Waals surface area contributed by atoms with Gasteiger partial charge in [0.05, 0.1) is 11.5 Å². The van der Waals surface area contributed by atoms with E-state index in [2.05, 4.69) is 24.3 Å². The van der Waals surface area contributed by atoms with E-state index in [1.54, 1.807) is 12.1 Å². The molecule has 0 atom stereocenters. The van der Waals surface area contributed by atoms with Crippen molar-refractivity contribution in [3.63, 3.8) is 0 Å². The Balaban J connectivity index is 0.000000218. The van der Waals surface area contributed by atoms with Gasteiger partial charge in [0.25, 0.3) is 10.1 Å². The van der Waals surface area contributed by atoms with Gasteiger partial charge in [-0.3, -0.25) is 4.18 Å². The van der Waals surface area contributed by atoms with Crippen molar-refractivity contribution in [2.75, 3.05) is 13.2 Å². The quantitative estimate of drug-likeness (QED) is 0.581. The van der Waals surface area contributed by atoms with E-state index in [0.29, 0.717) is 6.42 Å². The van der Waals surface area contributed by atoms with Crippen LogP contribution in [0.1, 0.15) is 12.0 Å². The summed E-state index contributed by atoms with van der Waals surface area (Å²) in [5.74, 6) is 0. The topological polar surface area (TPSA) is 63.6 Å². The lowest BCUT2D eigenvalue weighted by Crippen LogP contribution is -2.08. The van der Waals surface area contributed by atoms with Gasteiger partial charge in [-0.05, 0) is 36.6 Å². The molecule has 112 valence electrons. The minimum Gasteiger partial charge on any atom is -0.396 e. The second kappa shape index (κ2) is 6.85. The molecule has 2 aliphatic carbocycles. The van der Waals surface area contributed by atoms with Crippen molar-refractivity contribution in [2.24, 2.45) is 0 Å². The summed E-state index contributed by atoms with van der Waals surface area (Å²) in [6, 6.07) is 14.9. The maximum absolute atomic E-state index is 11.5. The lowest BCUT2D eigenvalue weighted by atomic mass is 9.95. The summed E-state index contributed by atoms with van der Waals surface area (Å²) in [6.07, 6.45) is 0.311. The minimum absolute atomic E-state index is 0.00666. The van der Waals surface area contributed by atoms with Gasteiger partial charge in [-0.25, -0.2) is 0 Å². The normalized spacial score (nSPS) is 11.5. The van der Waals surface area contributed by atoms with E-state index in [1.165, 1.54) is 23.3 Å². The number of benzene rings is 2. The molecular formula is C16H18O4S. The Labute approximate surface area is 125 Å². The summed E-state index contributed by atoms with van der Waals surface area (Å²) in [4.78, 5) is 0.144. The largest absolute Gasteiger partial charge is 0.396 e. The number of aryl methyl sites for hydroxylation is 1. The monoisotopic (exact) mass is 306 g/mol.